The second kappa shape index (κ2) is 4.39. The second-order valence-electron chi connectivity index (χ2n) is 5.44. The zero-order valence-electron chi connectivity index (χ0n) is 11.0. The van der Waals surface area contributed by atoms with E-state index < -0.39 is 0 Å². The number of amides is 1. The number of carbonyl (C=O) groups is 1. The maximum Gasteiger partial charge on any atom is 0.274 e. The molecule has 5 heteroatoms. The number of nitrogens with zero attached hydrogens (tertiary/aromatic N) is 3. The van der Waals surface area contributed by atoms with Gasteiger partial charge in [0.2, 0.25) is 0 Å². The number of hydrogen-bond acceptors (Lipinski definition) is 3. The molecule has 0 saturated carbocycles. The zero-order chi connectivity index (χ0) is 12.7. The lowest BCUT2D eigenvalue weighted by atomic mass is 9.93. The Balaban J connectivity index is 1.81. The van der Waals surface area contributed by atoms with Crippen LogP contribution in [-0.4, -0.2) is 46.0 Å². The zero-order valence-corrected chi connectivity index (χ0v) is 11.0. The van der Waals surface area contributed by atoms with E-state index in [-0.39, 0.29) is 5.91 Å². The van der Waals surface area contributed by atoms with Crippen molar-refractivity contribution in [3.8, 4) is 0 Å². The first-order chi connectivity index (χ1) is 8.70. The lowest BCUT2D eigenvalue weighted by molar-refractivity contribution is 0.0706. The van der Waals surface area contributed by atoms with E-state index >= 15 is 0 Å². The molecule has 0 radical (unpaired) electrons. The molecule has 2 aliphatic heterocycles. The highest BCUT2D eigenvalue weighted by molar-refractivity contribution is 5.92. The number of aryl methyl sites for hydroxylation is 1. The molecule has 98 valence electrons. The number of carbonyl (C=O) groups excluding carboxylic acids is 1. The fourth-order valence-corrected chi connectivity index (χ4v) is 3.45. The fourth-order valence-electron chi connectivity index (χ4n) is 3.45. The Morgan fingerprint density at radius 3 is 3.06 bits per heavy atom. The summed E-state index contributed by atoms with van der Waals surface area (Å²) in [6.45, 7) is 5.15. The molecule has 3 rings (SSSR count). The number of imidazole rings is 1. The largest absolute Gasteiger partial charge is 0.340 e. The molecule has 0 aliphatic carbocycles. The highest BCUT2D eigenvalue weighted by atomic mass is 16.2. The van der Waals surface area contributed by atoms with Crippen molar-refractivity contribution < 1.29 is 4.79 Å². The number of aromatic nitrogens is 2. The third kappa shape index (κ3) is 1.73. The topological polar surface area (TPSA) is 50.2 Å². The van der Waals surface area contributed by atoms with Gasteiger partial charge in [0, 0.05) is 38.9 Å². The maximum atomic E-state index is 12.5. The van der Waals surface area contributed by atoms with Crippen molar-refractivity contribution in [2.75, 3.05) is 19.6 Å². The first kappa shape index (κ1) is 11.7. The van der Waals surface area contributed by atoms with Crippen molar-refractivity contribution >= 4 is 5.91 Å². The molecule has 1 aromatic rings. The fraction of sp³-hybridized carbons (Fsp3) is 0.692. The van der Waals surface area contributed by atoms with Crippen LogP contribution in [0.15, 0.2) is 12.5 Å². The molecular weight excluding hydrogens is 228 g/mol. The van der Waals surface area contributed by atoms with Crippen molar-refractivity contribution in [1.82, 2.24) is 19.8 Å². The third-order valence-corrected chi connectivity index (χ3v) is 4.32. The molecule has 18 heavy (non-hydrogen) atoms. The average molecular weight is 248 g/mol. The van der Waals surface area contributed by atoms with Gasteiger partial charge in [-0.15, -0.1) is 0 Å². The molecule has 3 heterocycles. The molecule has 1 aromatic heterocycles. The molecule has 3 atom stereocenters. The summed E-state index contributed by atoms with van der Waals surface area (Å²) in [5, 5.41) is 3.43. The Bertz CT molecular complexity index is 456. The molecule has 0 spiro atoms. The summed E-state index contributed by atoms with van der Waals surface area (Å²) >= 11 is 0. The van der Waals surface area contributed by atoms with Gasteiger partial charge >= 0.3 is 0 Å². The monoisotopic (exact) mass is 248 g/mol. The molecule has 0 aromatic carbocycles. The van der Waals surface area contributed by atoms with Crippen LogP contribution in [0.2, 0.25) is 0 Å². The average Bonchev–Trinajstić information content (AvgIpc) is 3.01. The summed E-state index contributed by atoms with van der Waals surface area (Å²) in [6.07, 6.45) is 4.52. The number of nitrogens with one attached hydrogen (secondary N) is 1. The second-order valence-corrected chi connectivity index (χ2v) is 5.44. The number of hydrogen-bond donors (Lipinski definition) is 1. The quantitative estimate of drug-likeness (QED) is 0.828. The smallest absolute Gasteiger partial charge is 0.274 e. The number of fused-ring (bicyclic) bond motifs is 1. The van der Waals surface area contributed by atoms with Crippen LogP contribution in [-0.2, 0) is 7.05 Å². The van der Waals surface area contributed by atoms with Crippen molar-refractivity contribution in [3.63, 3.8) is 0 Å². The normalized spacial score (nSPS) is 30.8. The van der Waals surface area contributed by atoms with Crippen LogP contribution in [0, 0.1) is 11.8 Å². The van der Waals surface area contributed by atoms with Crippen LogP contribution in [0.5, 0.6) is 0 Å². The SMILES string of the molecule is CCC1C2CNCC2CN1C(=O)c1cn(C)cn1. The summed E-state index contributed by atoms with van der Waals surface area (Å²) in [5.74, 6) is 1.35. The van der Waals surface area contributed by atoms with Gasteiger partial charge < -0.3 is 14.8 Å². The Morgan fingerprint density at radius 1 is 1.56 bits per heavy atom. The molecule has 1 N–H and O–H groups in total. The highest BCUT2D eigenvalue weighted by Crippen LogP contribution is 2.34. The molecule has 2 fully saturated rings. The van der Waals surface area contributed by atoms with Crippen LogP contribution < -0.4 is 5.32 Å². The van der Waals surface area contributed by atoms with Gasteiger partial charge in [0.1, 0.15) is 5.69 Å². The minimum atomic E-state index is 0.0943. The van der Waals surface area contributed by atoms with Crippen molar-refractivity contribution in [1.29, 1.82) is 0 Å². The number of rotatable bonds is 2. The standard InChI is InChI=1S/C13H20N4O/c1-3-12-10-5-14-4-9(10)6-17(12)13(18)11-7-16(2)8-15-11/h7-10,12,14H,3-6H2,1-2H3. The van der Waals surface area contributed by atoms with Crippen LogP contribution in [0.3, 0.4) is 0 Å². The van der Waals surface area contributed by atoms with Gasteiger partial charge in [0.25, 0.3) is 5.91 Å². The lowest BCUT2D eigenvalue weighted by Gasteiger charge is -2.26. The molecular formula is C13H20N4O. The van der Waals surface area contributed by atoms with Gasteiger partial charge in [-0.3, -0.25) is 4.79 Å². The van der Waals surface area contributed by atoms with Gasteiger partial charge in [0.15, 0.2) is 0 Å². The summed E-state index contributed by atoms with van der Waals surface area (Å²) < 4.78 is 1.83. The molecule has 0 bridgehead atoms. The van der Waals surface area contributed by atoms with Crippen molar-refractivity contribution in [3.05, 3.63) is 18.2 Å². The first-order valence-corrected chi connectivity index (χ1v) is 6.70. The lowest BCUT2D eigenvalue weighted by Crippen LogP contribution is -2.39. The Morgan fingerprint density at radius 2 is 2.39 bits per heavy atom. The summed E-state index contributed by atoms with van der Waals surface area (Å²) in [5.41, 5.74) is 0.573. The van der Waals surface area contributed by atoms with E-state index in [0.717, 1.165) is 26.1 Å². The number of likely N-dealkylation sites (tertiary alicyclic amines) is 1. The van der Waals surface area contributed by atoms with Crippen LogP contribution in [0.4, 0.5) is 0 Å². The van der Waals surface area contributed by atoms with E-state index in [0.29, 0.717) is 23.6 Å². The Hall–Kier alpha value is -1.36. The van der Waals surface area contributed by atoms with Gasteiger partial charge in [0.05, 0.1) is 6.33 Å². The van der Waals surface area contributed by atoms with E-state index in [9.17, 15) is 4.79 Å². The Labute approximate surface area is 107 Å². The molecule has 2 saturated heterocycles. The van der Waals surface area contributed by atoms with E-state index in [1.165, 1.54) is 0 Å². The van der Waals surface area contributed by atoms with E-state index in [1.807, 2.05) is 16.5 Å². The summed E-state index contributed by atoms with van der Waals surface area (Å²) in [7, 11) is 1.89. The summed E-state index contributed by atoms with van der Waals surface area (Å²) in [4.78, 5) is 18.7. The van der Waals surface area contributed by atoms with Gasteiger partial charge in [-0.1, -0.05) is 6.92 Å². The molecule has 5 nitrogen and oxygen atoms in total. The molecule has 3 unspecified atom stereocenters. The Kier molecular flexibility index (Phi) is 2.86. The van der Waals surface area contributed by atoms with Crippen LogP contribution in [0.25, 0.3) is 0 Å². The van der Waals surface area contributed by atoms with E-state index in [4.69, 9.17) is 0 Å². The van der Waals surface area contributed by atoms with Crippen LogP contribution in [0.1, 0.15) is 23.8 Å². The van der Waals surface area contributed by atoms with Crippen LogP contribution >= 0.6 is 0 Å². The molecule has 1 amide bonds. The van der Waals surface area contributed by atoms with Gasteiger partial charge in [-0.25, -0.2) is 4.98 Å². The molecule has 2 aliphatic rings. The highest BCUT2D eigenvalue weighted by Gasteiger charge is 2.45. The minimum absolute atomic E-state index is 0.0943. The van der Waals surface area contributed by atoms with Gasteiger partial charge in [-0.2, -0.15) is 0 Å². The van der Waals surface area contributed by atoms with E-state index in [1.54, 1.807) is 12.5 Å². The maximum absolute atomic E-state index is 12.5. The van der Waals surface area contributed by atoms with Crippen molar-refractivity contribution in [2.45, 2.75) is 19.4 Å². The predicted octanol–water partition coefficient (Wildman–Crippen LogP) is 0.490. The van der Waals surface area contributed by atoms with E-state index in [2.05, 4.69) is 17.2 Å². The predicted molar refractivity (Wildman–Crippen MR) is 68.2 cm³/mol. The first-order valence-electron chi connectivity index (χ1n) is 6.70. The third-order valence-electron chi connectivity index (χ3n) is 4.32. The van der Waals surface area contributed by atoms with Crippen molar-refractivity contribution in [2.24, 2.45) is 18.9 Å². The minimum Gasteiger partial charge on any atom is -0.340 e. The van der Waals surface area contributed by atoms with Gasteiger partial charge in [-0.05, 0) is 18.3 Å². The summed E-state index contributed by atoms with van der Waals surface area (Å²) in [6, 6.07) is 0.375.